The van der Waals surface area contributed by atoms with Crippen LogP contribution in [0.4, 0.5) is 0 Å². The van der Waals surface area contributed by atoms with Gasteiger partial charge in [0.2, 0.25) is 0 Å². The van der Waals surface area contributed by atoms with Gasteiger partial charge in [-0.2, -0.15) is 0 Å². The summed E-state index contributed by atoms with van der Waals surface area (Å²) in [7, 11) is 0. The Kier molecular flexibility index (Phi) is 0.651. The molecule has 0 aromatic heterocycles. The van der Waals surface area contributed by atoms with Gasteiger partial charge in [0, 0.05) is 5.92 Å². The van der Waals surface area contributed by atoms with Crippen LogP contribution in [0.3, 0.4) is 0 Å². The lowest BCUT2D eigenvalue weighted by atomic mass is 9.81. The Bertz CT molecular complexity index is 256. The van der Waals surface area contributed by atoms with E-state index in [1.807, 2.05) is 0 Å². The van der Waals surface area contributed by atoms with Crippen molar-refractivity contribution in [3.8, 4) is 0 Å². The zero-order chi connectivity index (χ0) is 7.00. The van der Waals surface area contributed by atoms with Crippen molar-refractivity contribution < 1.29 is 4.74 Å². The summed E-state index contributed by atoms with van der Waals surface area (Å²) < 4.78 is 5.48. The van der Waals surface area contributed by atoms with Gasteiger partial charge in [-0.15, -0.1) is 0 Å². The molecule has 0 spiro atoms. The van der Waals surface area contributed by atoms with E-state index >= 15 is 0 Å². The molecule has 0 aromatic rings. The van der Waals surface area contributed by atoms with Crippen molar-refractivity contribution in [2.75, 3.05) is 0 Å². The molecule has 3 aliphatic carbocycles. The third kappa shape index (κ3) is 0.455. The lowest BCUT2D eigenvalue weighted by Crippen LogP contribution is -2.22. The first kappa shape index (κ1) is 5.23. The van der Waals surface area contributed by atoms with Gasteiger partial charge in [0.25, 0.3) is 0 Å². The topological polar surface area (TPSA) is 12.5 Å². The van der Waals surface area contributed by atoms with E-state index in [1.54, 1.807) is 0 Å². The second-order valence-electron chi connectivity index (χ2n) is 4.60. The Morgan fingerprint density at radius 2 is 2.18 bits per heavy atom. The fourth-order valence-electron chi connectivity index (χ4n) is 3.78. The molecule has 2 bridgehead atoms. The van der Waals surface area contributed by atoms with E-state index in [0.29, 0.717) is 6.10 Å². The first-order chi connectivity index (χ1) is 5.43. The molecule has 1 heterocycles. The average molecular weight is 148 g/mol. The zero-order valence-electron chi connectivity index (χ0n) is 6.49. The Morgan fingerprint density at radius 1 is 1.27 bits per heavy atom. The van der Waals surface area contributed by atoms with E-state index in [9.17, 15) is 0 Å². The molecule has 0 N–H and O–H groups in total. The molecule has 2 saturated carbocycles. The van der Waals surface area contributed by atoms with Crippen molar-refractivity contribution in [1.82, 2.24) is 0 Å². The molecular formula is C10H12O. The number of hydrogen-bond acceptors (Lipinski definition) is 1. The average Bonchev–Trinajstić information content (AvgIpc) is 2.53. The highest BCUT2D eigenvalue weighted by Gasteiger charge is 2.60. The first-order valence-corrected chi connectivity index (χ1v) is 4.82. The maximum atomic E-state index is 5.48. The van der Waals surface area contributed by atoms with Gasteiger partial charge in [0.1, 0.15) is 5.76 Å². The van der Waals surface area contributed by atoms with Crippen molar-refractivity contribution >= 4 is 0 Å². The molecule has 0 aromatic carbocycles. The number of allylic oxidation sites excluding steroid dienone is 1. The summed E-state index contributed by atoms with van der Waals surface area (Å²) in [5.74, 6) is 5.31. The monoisotopic (exact) mass is 148 g/mol. The van der Waals surface area contributed by atoms with Crippen LogP contribution in [0.15, 0.2) is 11.8 Å². The van der Waals surface area contributed by atoms with Crippen molar-refractivity contribution in [1.29, 1.82) is 0 Å². The zero-order valence-corrected chi connectivity index (χ0v) is 6.49. The van der Waals surface area contributed by atoms with Crippen LogP contribution in [0.2, 0.25) is 0 Å². The van der Waals surface area contributed by atoms with E-state index in [1.165, 1.54) is 25.0 Å². The van der Waals surface area contributed by atoms with Crippen LogP contribution >= 0.6 is 0 Å². The van der Waals surface area contributed by atoms with E-state index in [4.69, 9.17) is 4.74 Å². The molecular weight excluding hydrogens is 136 g/mol. The number of rotatable bonds is 0. The molecule has 1 saturated heterocycles. The molecule has 58 valence electrons. The number of fused-ring (bicyclic) bond motifs is 7. The largest absolute Gasteiger partial charge is 0.483 e. The Balaban J connectivity index is 1.83. The molecule has 1 nitrogen and oxygen atoms in total. The predicted octanol–water partition coefficient (Wildman–Crippen LogP) is 1.95. The summed E-state index contributed by atoms with van der Waals surface area (Å²) in [4.78, 5) is 0. The van der Waals surface area contributed by atoms with Gasteiger partial charge in [-0.05, 0) is 43.1 Å². The lowest BCUT2D eigenvalue weighted by Gasteiger charge is -2.24. The Hall–Kier alpha value is -0.460. The number of hydrogen-bond donors (Lipinski definition) is 0. The molecule has 0 radical (unpaired) electrons. The first-order valence-electron chi connectivity index (χ1n) is 4.82. The van der Waals surface area contributed by atoms with Crippen molar-refractivity contribution in [2.24, 2.45) is 23.7 Å². The van der Waals surface area contributed by atoms with E-state index < -0.39 is 0 Å². The van der Waals surface area contributed by atoms with Crippen LogP contribution in [-0.2, 0) is 4.74 Å². The highest BCUT2D eigenvalue weighted by molar-refractivity contribution is 5.30. The smallest absolute Gasteiger partial charge is 0.158 e. The number of ether oxygens (including phenoxy) is 1. The van der Waals surface area contributed by atoms with Crippen molar-refractivity contribution in [2.45, 2.75) is 25.4 Å². The molecule has 5 atom stereocenters. The highest BCUT2D eigenvalue weighted by atomic mass is 16.6. The molecule has 1 heteroatoms. The minimum atomic E-state index is 0.607. The second kappa shape index (κ2) is 1.37. The van der Waals surface area contributed by atoms with Gasteiger partial charge in [0.05, 0.1) is 0 Å². The Labute approximate surface area is 66.4 Å². The van der Waals surface area contributed by atoms with Gasteiger partial charge in [-0.3, -0.25) is 0 Å². The standard InChI is InChI=1S/C10H12O/c1-2-6-3-5(1)7-4-8-10(11-8)9(6)7/h4-7,9-10H,1-3H2. The molecule has 4 rings (SSSR count). The predicted molar refractivity (Wildman–Crippen MR) is 40.8 cm³/mol. The van der Waals surface area contributed by atoms with Crippen LogP contribution in [0.25, 0.3) is 0 Å². The SMILES string of the molecule is C1=C2OC2C2C3CCC(C3)C12. The van der Waals surface area contributed by atoms with Crippen LogP contribution in [0.5, 0.6) is 0 Å². The van der Waals surface area contributed by atoms with Gasteiger partial charge in [-0.25, -0.2) is 0 Å². The summed E-state index contributed by atoms with van der Waals surface area (Å²) in [5, 5.41) is 0. The van der Waals surface area contributed by atoms with E-state index in [0.717, 1.165) is 23.7 Å². The Morgan fingerprint density at radius 3 is 3.09 bits per heavy atom. The van der Waals surface area contributed by atoms with Gasteiger partial charge >= 0.3 is 0 Å². The molecule has 4 aliphatic rings. The van der Waals surface area contributed by atoms with Crippen LogP contribution < -0.4 is 0 Å². The summed E-state index contributed by atoms with van der Waals surface area (Å²) in [6.45, 7) is 0. The summed E-state index contributed by atoms with van der Waals surface area (Å²) in [6, 6.07) is 0. The van der Waals surface area contributed by atoms with Gasteiger partial charge in [-0.1, -0.05) is 0 Å². The molecule has 3 fully saturated rings. The molecule has 0 amide bonds. The normalized spacial score (nSPS) is 61.8. The summed E-state index contributed by atoms with van der Waals surface area (Å²) in [5.41, 5.74) is 0. The highest BCUT2D eigenvalue weighted by Crippen LogP contribution is 2.62. The number of epoxide rings is 1. The molecule has 5 unspecified atom stereocenters. The second-order valence-corrected chi connectivity index (χ2v) is 4.60. The van der Waals surface area contributed by atoms with Crippen molar-refractivity contribution in [3.05, 3.63) is 11.8 Å². The van der Waals surface area contributed by atoms with E-state index in [-0.39, 0.29) is 0 Å². The quantitative estimate of drug-likeness (QED) is 0.478. The lowest BCUT2D eigenvalue weighted by molar-refractivity contribution is 0.200. The molecule has 1 aliphatic heterocycles. The van der Waals surface area contributed by atoms with Crippen LogP contribution in [-0.4, -0.2) is 6.10 Å². The maximum Gasteiger partial charge on any atom is 0.158 e. The van der Waals surface area contributed by atoms with E-state index in [2.05, 4.69) is 6.08 Å². The van der Waals surface area contributed by atoms with Crippen LogP contribution in [0, 0.1) is 23.7 Å². The van der Waals surface area contributed by atoms with Gasteiger partial charge < -0.3 is 4.74 Å². The fourth-order valence-corrected chi connectivity index (χ4v) is 3.78. The third-order valence-corrected chi connectivity index (χ3v) is 4.24. The molecule has 11 heavy (non-hydrogen) atoms. The minimum Gasteiger partial charge on any atom is -0.483 e. The van der Waals surface area contributed by atoms with Crippen molar-refractivity contribution in [3.63, 3.8) is 0 Å². The summed E-state index contributed by atoms with van der Waals surface area (Å²) in [6.07, 6.45) is 7.54. The third-order valence-electron chi connectivity index (χ3n) is 4.24. The minimum absolute atomic E-state index is 0.607. The summed E-state index contributed by atoms with van der Waals surface area (Å²) >= 11 is 0. The van der Waals surface area contributed by atoms with Gasteiger partial charge in [0.15, 0.2) is 6.10 Å². The van der Waals surface area contributed by atoms with Crippen LogP contribution in [0.1, 0.15) is 19.3 Å². The fraction of sp³-hybridized carbons (Fsp3) is 0.800. The maximum absolute atomic E-state index is 5.48.